The van der Waals surface area contributed by atoms with E-state index in [0.717, 1.165) is 18.5 Å². The molecule has 1 unspecified atom stereocenters. The number of ether oxygens (including phenoxy) is 2. The van der Waals surface area contributed by atoms with E-state index in [4.69, 9.17) is 4.74 Å². The number of aromatic carboxylic acids is 1. The summed E-state index contributed by atoms with van der Waals surface area (Å²) in [7, 11) is 2.51. The Balaban J connectivity index is 2.13. The first-order valence-electron chi connectivity index (χ1n) is 9.69. The van der Waals surface area contributed by atoms with Crippen molar-refractivity contribution < 1.29 is 29.0 Å². The number of nitrogens with one attached hydrogen (secondary N) is 1. The third kappa shape index (κ3) is 7.00. The van der Waals surface area contributed by atoms with Gasteiger partial charge in [-0.1, -0.05) is 36.4 Å². The SMILES string of the molecule is COC(=O)CC(Cc1cc(C(=O)O)ccc1CNCCc1ccccc1)C(=O)OC. The van der Waals surface area contributed by atoms with E-state index < -0.39 is 23.8 Å². The molecule has 0 radical (unpaired) electrons. The highest BCUT2D eigenvalue weighted by molar-refractivity contribution is 5.88. The fraction of sp³-hybridized carbons (Fsp3) is 0.348. The Morgan fingerprint density at radius 3 is 2.37 bits per heavy atom. The van der Waals surface area contributed by atoms with Crippen molar-refractivity contribution >= 4 is 17.9 Å². The van der Waals surface area contributed by atoms with Gasteiger partial charge in [-0.3, -0.25) is 9.59 Å². The first-order chi connectivity index (χ1) is 14.4. The Kier molecular flexibility index (Phi) is 9.03. The normalized spacial score (nSPS) is 11.5. The predicted octanol–water partition coefficient (Wildman–Crippen LogP) is 2.61. The van der Waals surface area contributed by atoms with Crippen molar-refractivity contribution in [3.63, 3.8) is 0 Å². The minimum atomic E-state index is -1.05. The average molecular weight is 413 g/mol. The second-order valence-corrected chi connectivity index (χ2v) is 6.91. The van der Waals surface area contributed by atoms with Crippen molar-refractivity contribution in [2.24, 2.45) is 5.92 Å². The number of methoxy groups -OCH3 is 2. The molecule has 0 fully saturated rings. The molecule has 0 saturated heterocycles. The van der Waals surface area contributed by atoms with Gasteiger partial charge >= 0.3 is 17.9 Å². The van der Waals surface area contributed by atoms with Crippen LogP contribution in [0.2, 0.25) is 0 Å². The summed E-state index contributed by atoms with van der Waals surface area (Å²) in [5.41, 5.74) is 2.89. The summed E-state index contributed by atoms with van der Waals surface area (Å²) in [5.74, 6) is -2.87. The smallest absolute Gasteiger partial charge is 0.335 e. The maximum Gasteiger partial charge on any atom is 0.335 e. The summed E-state index contributed by atoms with van der Waals surface area (Å²) >= 11 is 0. The van der Waals surface area contributed by atoms with Crippen LogP contribution in [0.3, 0.4) is 0 Å². The highest BCUT2D eigenvalue weighted by Gasteiger charge is 2.25. The van der Waals surface area contributed by atoms with Crippen LogP contribution in [0.5, 0.6) is 0 Å². The molecule has 7 heteroatoms. The number of carbonyl (C=O) groups is 3. The molecule has 0 bridgehead atoms. The van der Waals surface area contributed by atoms with Crippen molar-refractivity contribution in [1.29, 1.82) is 0 Å². The van der Waals surface area contributed by atoms with E-state index in [1.54, 1.807) is 12.1 Å². The highest BCUT2D eigenvalue weighted by Crippen LogP contribution is 2.20. The largest absolute Gasteiger partial charge is 0.478 e. The molecule has 7 nitrogen and oxygen atoms in total. The first-order valence-corrected chi connectivity index (χ1v) is 9.69. The molecule has 2 aromatic rings. The van der Waals surface area contributed by atoms with Gasteiger partial charge in [-0.25, -0.2) is 4.79 Å². The molecule has 2 aromatic carbocycles. The van der Waals surface area contributed by atoms with E-state index in [0.29, 0.717) is 12.1 Å². The summed E-state index contributed by atoms with van der Waals surface area (Å²) < 4.78 is 9.49. The monoisotopic (exact) mass is 413 g/mol. The van der Waals surface area contributed by atoms with E-state index in [9.17, 15) is 19.5 Å². The van der Waals surface area contributed by atoms with Crippen molar-refractivity contribution in [3.8, 4) is 0 Å². The molecule has 0 aliphatic rings. The molecular weight excluding hydrogens is 386 g/mol. The molecule has 0 aromatic heterocycles. The van der Waals surface area contributed by atoms with E-state index in [1.807, 2.05) is 18.2 Å². The zero-order chi connectivity index (χ0) is 21.9. The van der Waals surface area contributed by atoms with Gasteiger partial charge in [-0.15, -0.1) is 0 Å². The molecule has 0 spiro atoms. The fourth-order valence-electron chi connectivity index (χ4n) is 3.18. The summed E-state index contributed by atoms with van der Waals surface area (Å²) in [6, 6.07) is 14.9. The molecular formula is C23H27NO6. The van der Waals surface area contributed by atoms with Gasteiger partial charge in [0, 0.05) is 6.54 Å². The minimum absolute atomic E-state index is 0.125. The number of benzene rings is 2. The van der Waals surface area contributed by atoms with Crippen LogP contribution in [0.1, 0.15) is 33.5 Å². The predicted molar refractivity (Wildman–Crippen MR) is 111 cm³/mol. The van der Waals surface area contributed by atoms with Gasteiger partial charge in [0.2, 0.25) is 0 Å². The second kappa shape index (κ2) is 11.7. The number of carbonyl (C=O) groups excluding carboxylic acids is 2. The maximum absolute atomic E-state index is 12.2. The Hall–Kier alpha value is -3.19. The number of hydrogen-bond acceptors (Lipinski definition) is 6. The molecule has 2 N–H and O–H groups in total. The lowest BCUT2D eigenvalue weighted by molar-refractivity contribution is -0.152. The maximum atomic E-state index is 12.2. The lowest BCUT2D eigenvalue weighted by Crippen LogP contribution is -2.24. The van der Waals surface area contributed by atoms with Crippen LogP contribution in [-0.4, -0.2) is 43.8 Å². The van der Waals surface area contributed by atoms with Crippen LogP contribution in [-0.2, 0) is 38.4 Å². The van der Waals surface area contributed by atoms with Gasteiger partial charge < -0.3 is 19.9 Å². The summed E-state index contributed by atoms with van der Waals surface area (Å²) in [4.78, 5) is 35.3. The summed E-state index contributed by atoms with van der Waals surface area (Å²) in [6.45, 7) is 1.25. The number of carboxylic acid groups (broad SMARTS) is 1. The Morgan fingerprint density at radius 2 is 1.73 bits per heavy atom. The Labute approximate surface area is 176 Å². The van der Waals surface area contributed by atoms with Crippen LogP contribution in [0.25, 0.3) is 0 Å². The van der Waals surface area contributed by atoms with Crippen LogP contribution < -0.4 is 5.32 Å². The third-order valence-corrected chi connectivity index (χ3v) is 4.84. The summed E-state index contributed by atoms with van der Waals surface area (Å²) in [5, 5.41) is 12.7. The van der Waals surface area contributed by atoms with Gasteiger partial charge in [-0.2, -0.15) is 0 Å². The molecule has 160 valence electrons. The van der Waals surface area contributed by atoms with Gasteiger partial charge in [0.05, 0.1) is 32.1 Å². The van der Waals surface area contributed by atoms with Crippen LogP contribution in [0.4, 0.5) is 0 Å². The van der Waals surface area contributed by atoms with Crippen molar-refractivity contribution in [2.45, 2.75) is 25.8 Å². The number of carboxylic acids is 1. The zero-order valence-corrected chi connectivity index (χ0v) is 17.2. The number of esters is 2. The quantitative estimate of drug-likeness (QED) is 0.431. The average Bonchev–Trinajstić information content (AvgIpc) is 2.76. The highest BCUT2D eigenvalue weighted by atomic mass is 16.5. The second-order valence-electron chi connectivity index (χ2n) is 6.91. The molecule has 0 aliphatic heterocycles. The Bertz CT molecular complexity index is 865. The van der Waals surface area contributed by atoms with Crippen molar-refractivity contribution in [1.82, 2.24) is 5.32 Å². The minimum Gasteiger partial charge on any atom is -0.478 e. The van der Waals surface area contributed by atoms with E-state index in [2.05, 4.69) is 22.2 Å². The lowest BCUT2D eigenvalue weighted by atomic mass is 9.91. The third-order valence-electron chi connectivity index (χ3n) is 4.84. The van der Waals surface area contributed by atoms with Gasteiger partial charge in [0.1, 0.15) is 0 Å². The van der Waals surface area contributed by atoms with E-state index in [1.165, 1.54) is 25.8 Å². The van der Waals surface area contributed by atoms with Gasteiger partial charge in [-0.05, 0) is 48.2 Å². The first kappa shape index (κ1) is 23.1. The number of rotatable bonds is 11. The topological polar surface area (TPSA) is 102 Å². The Morgan fingerprint density at radius 1 is 1.00 bits per heavy atom. The van der Waals surface area contributed by atoms with Gasteiger partial charge in [0.25, 0.3) is 0 Å². The van der Waals surface area contributed by atoms with Crippen LogP contribution in [0.15, 0.2) is 48.5 Å². The number of hydrogen-bond donors (Lipinski definition) is 2. The van der Waals surface area contributed by atoms with Crippen LogP contribution >= 0.6 is 0 Å². The van der Waals surface area contributed by atoms with E-state index in [-0.39, 0.29) is 18.4 Å². The van der Waals surface area contributed by atoms with Crippen molar-refractivity contribution in [3.05, 3.63) is 70.8 Å². The molecule has 0 amide bonds. The molecule has 0 aliphatic carbocycles. The molecule has 1 atom stereocenters. The molecule has 30 heavy (non-hydrogen) atoms. The van der Waals surface area contributed by atoms with Crippen molar-refractivity contribution in [2.75, 3.05) is 20.8 Å². The molecule has 0 heterocycles. The lowest BCUT2D eigenvalue weighted by Gasteiger charge is -2.17. The van der Waals surface area contributed by atoms with Crippen LogP contribution in [0, 0.1) is 5.92 Å². The molecule has 0 saturated carbocycles. The standard InChI is InChI=1S/C23H27NO6/c1-29-21(25)14-20(23(28)30-2)13-19-12-17(22(26)27)8-9-18(19)15-24-11-10-16-6-4-3-5-7-16/h3-9,12,20,24H,10-11,13-15H2,1-2H3,(H,26,27). The fourth-order valence-corrected chi connectivity index (χ4v) is 3.18. The molecule has 2 rings (SSSR count). The van der Waals surface area contributed by atoms with E-state index >= 15 is 0 Å². The zero-order valence-electron chi connectivity index (χ0n) is 17.2. The van der Waals surface area contributed by atoms with Gasteiger partial charge in [0.15, 0.2) is 0 Å². The summed E-state index contributed by atoms with van der Waals surface area (Å²) in [6.07, 6.45) is 0.899.